The lowest BCUT2D eigenvalue weighted by Crippen LogP contribution is -2.31. The number of piperidine rings is 1. The van der Waals surface area contributed by atoms with E-state index in [0.717, 1.165) is 24.6 Å². The molecule has 1 aliphatic carbocycles. The number of hydrogen-bond donors (Lipinski definition) is 1. The van der Waals surface area contributed by atoms with Gasteiger partial charge in [-0.2, -0.15) is 0 Å². The third-order valence-electron chi connectivity index (χ3n) is 4.48. The quantitative estimate of drug-likeness (QED) is 0.919. The van der Waals surface area contributed by atoms with E-state index in [1.54, 1.807) is 7.11 Å². The van der Waals surface area contributed by atoms with Crippen LogP contribution in [-0.2, 0) is 19.3 Å². The van der Waals surface area contributed by atoms with Crippen molar-refractivity contribution in [3.63, 3.8) is 0 Å². The molecule has 19 heavy (non-hydrogen) atoms. The fourth-order valence-corrected chi connectivity index (χ4v) is 4.38. The largest absolute Gasteiger partial charge is 0.495 e. The number of fused-ring (bicyclic) bond motifs is 1. The Morgan fingerprint density at radius 3 is 3.00 bits per heavy atom. The molecule has 1 fully saturated rings. The fraction of sp³-hybridized carbons (Fsp3) is 0.625. The van der Waals surface area contributed by atoms with E-state index < -0.39 is 0 Å². The second-order valence-corrected chi connectivity index (χ2v) is 6.58. The van der Waals surface area contributed by atoms with E-state index in [1.807, 2.05) is 0 Å². The van der Waals surface area contributed by atoms with E-state index in [2.05, 4.69) is 27.3 Å². The average Bonchev–Trinajstić information content (AvgIpc) is 2.89. The second kappa shape index (κ2) is 5.84. The maximum Gasteiger partial charge on any atom is 0.136 e. The summed E-state index contributed by atoms with van der Waals surface area (Å²) in [5, 5.41) is 3.51. The number of halogens is 1. The number of benzene rings is 1. The Balaban J connectivity index is 1.89. The number of ether oxygens (including phenoxy) is 1. The zero-order valence-electron chi connectivity index (χ0n) is 11.6. The van der Waals surface area contributed by atoms with Crippen LogP contribution in [-0.4, -0.2) is 20.2 Å². The molecule has 1 unspecified atom stereocenters. The summed E-state index contributed by atoms with van der Waals surface area (Å²) in [6, 6.07) is 2.40. The summed E-state index contributed by atoms with van der Waals surface area (Å²) in [6.45, 7) is 2.33. The van der Waals surface area contributed by atoms with Crippen molar-refractivity contribution in [2.75, 3.05) is 20.2 Å². The maximum atomic E-state index is 5.68. The predicted octanol–water partition coefficient (Wildman–Crippen LogP) is 3.49. The molecule has 3 rings (SSSR count). The summed E-state index contributed by atoms with van der Waals surface area (Å²) >= 11 is 3.77. The molecule has 1 saturated heterocycles. The molecular weight excluding hydrogens is 302 g/mol. The highest BCUT2D eigenvalue weighted by molar-refractivity contribution is 9.10. The van der Waals surface area contributed by atoms with Gasteiger partial charge in [-0.25, -0.2) is 0 Å². The monoisotopic (exact) mass is 323 g/mol. The van der Waals surface area contributed by atoms with Crippen molar-refractivity contribution in [2.24, 2.45) is 5.92 Å². The van der Waals surface area contributed by atoms with Crippen LogP contribution >= 0.6 is 15.9 Å². The Morgan fingerprint density at radius 1 is 1.37 bits per heavy atom. The Bertz CT molecular complexity index is 466. The third kappa shape index (κ3) is 2.68. The molecule has 0 bridgehead atoms. The van der Waals surface area contributed by atoms with Crippen molar-refractivity contribution in [3.8, 4) is 5.75 Å². The molecule has 3 heteroatoms. The van der Waals surface area contributed by atoms with Gasteiger partial charge in [0.2, 0.25) is 0 Å². The normalized spacial score (nSPS) is 22.3. The summed E-state index contributed by atoms with van der Waals surface area (Å²) in [7, 11) is 1.80. The van der Waals surface area contributed by atoms with Crippen molar-refractivity contribution < 1.29 is 4.74 Å². The zero-order valence-corrected chi connectivity index (χ0v) is 13.2. The van der Waals surface area contributed by atoms with Crippen molar-refractivity contribution >= 4 is 15.9 Å². The van der Waals surface area contributed by atoms with Gasteiger partial charge in [0.15, 0.2) is 0 Å². The van der Waals surface area contributed by atoms with Crippen LogP contribution in [0.25, 0.3) is 0 Å². The number of aryl methyl sites for hydroxylation is 1. The third-order valence-corrected chi connectivity index (χ3v) is 5.32. The highest BCUT2D eigenvalue weighted by Crippen LogP contribution is 2.40. The Morgan fingerprint density at radius 2 is 2.26 bits per heavy atom. The van der Waals surface area contributed by atoms with E-state index in [0.29, 0.717) is 0 Å². The first-order valence-electron chi connectivity index (χ1n) is 7.37. The SMILES string of the molecule is COc1c(CC2CCCNC2)cc2c(c1Br)CCC2. The lowest BCUT2D eigenvalue weighted by Gasteiger charge is -2.24. The van der Waals surface area contributed by atoms with E-state index in [9.17, 15) is 0 Å². The molecule has 1 aliphatic heterocycles. The second-order valence-electron chi connectivity index (χ2n) is 5.79. The van der Waals surface area contributed by atoms with Crippen LogP contribution in [0, 0.1) is 5.92 Å². The minimum atomic E-state index is 0.758. The molecule has 104 valence electrons. The number of hydrogen-bond acceptors (Lipinski definition) is 2. The van der Waals surface area contributed by atoms with Crippen LogP contribution in [0.2, 0.25) is 0 Å². The van der Waals surface area contributed by atoms with Gasteiger partial charge in [-0.15, -0.1) is 0 Å². The van der Waals surface area contributed by atoms with Crippen LogP contribution < -0.4 is 10.1 Å². The molecule has 0 saturated carbocycles. The lowest BCUT2D eigenvalue weighted by atomic mass is 9.90. The Hall–Kier alpha value is -0.540. The minimum absolute atomic E-state index is 0.758. The molecule has 0 amide bonds. The van der Waals surface area contributed by atoms with Gasteiger partial charge in [0, 0.05) is 0 Å². The molecule has 0 spiro atoms. The van der Waals surface area contributed by atoms with Crippen molar-refractivity contribution in [1.82, 2.24) is 5.32 Å². The van der Waals surface area contributed by atoms with E-state index >= 15 is 0 Å². The highest BCUT2D eigenvalue weighted by atomic mass is 79.9. The van der Waals surface area contributed by atoms with Crippen LogP contribution in [0.4, 0.5) is 0 Å². The predicted molar refractivity (Wildman–Crippen MR) is 82.0 cm³/mol. The van der Waals surface area contributed by atoms with E-state index in [4.69, 9.17) is 4.74 Å². The summed E-state index contributed by atoms with van der Waals surface area (Å²) < 4.78 is 6.89. The first-order valence-corrected chi connectivity index (χ1v) is 8.16. The van der Waals surface area contributed by atoms with Crippen molar-refractivity contribution in [3.05, 3.63) is 27.2 Å². The number of nitrogens with one attached hydrogen (secondary N) is 1. The van der Waals surface area contributed by atoms with E-state index in [1.165, 1.54) is 59.8 Å². The topological polar surface area (TPSA) is 21.3 Å². The van der Waals surface area contributed by atoms with E-state index in [-0.39, 0.29) is 0 Å². The van der Waals surface area contributed by atoms with Crippen LogP contribution in [0.5, 0.6) is 5.75 Å². The maximum absolute atomic E-state index is 5.68. The molecule has 1 heterocycles. The van der Waals surface area contributed by atoms with Gasteiger partial charge in [0.25, 0.3) is 0 Å². The molecule has 2 nitrogen and oxygen atoms in total. The summed E-state index contributed by atoms with van der Waals surface area (Å²) in [4.78, 5) is 0. The molecule has 2 aliphatic rings. The van der Waals surface area contributed by atoms with Crippen LogP contribution in [0.3, 0.4) is 0 Å². The average molecular weight is 324 g/mol. The van der Waals surface area contributed by atoms with Gasteiger partial charge in [0.05, 0.1) is 11.6 Å². The first kappa shape index (κ1) is 13.4. The zero-order chi connectivity index (χ0) is 13.2. The molecular formula is C16H22BrNO. The molecule has 0 radical (unpaired) electrons. The lowest BCUT2D eigenvalue weighted by molar-refractivity contribution is 0.363. The van der Waals surface area contributed by atoms with Gasteiger partial charge in [-0.3, -0.25) is 0 Å². The van der Waals surface area contributed by atoms with Gasteiger partial charge in [-0.1, -0.05) is 6.07 Å². The smallest absolute Gasteiger partial charge is 0.136 e. The van der Waals surface area contributed by atoms with Crippen LogP contribution in [0.1, 0.15) is 36.0 Å². The minimum Gasteiger partial charge on any atom is -0.495 e. The highest BCUT2D eigenvalue weighted by Gasteiger charge is 2.23. The summed E-state index contributed by atoms with van der Waals surface area (Å²) in [5.41, 5.74) is 4.40. The van der Waals surface area contributed by atoms with Crippen molar-refractivity contribution in [2.45, 2.75) is 38.5 Å². The van der Waals surface area contributed by atoms with Gasteiger partial charge >= 0.3 is 0 Å². The van der Waals surface area contributed by atoms with Gasteiger partial charge in [0.1, 0.15) is 5.75 Å². The summed E-state index contributed by atoms with van der Waals surface area (Å²) in [6.07, 6.45) is 7.49. The standard InChI is InChI=1S/C16H22BrNO/c1-19-16-13(8-11-4-3-7-18-10-11)9-12-5-2-6-14(12)15(16)17/h9,11,18H,2-8,10H2,1H3. The molecule has 1 aromatic rings. The van der Waals surface area contributed by atoms with Gasteiger partial charge in [-0.05, 0) is 90.2 Å². The summed E-state index contributed by atoms with van der Waals surface area (Å²) in [5.74, 6) is 1.83. The molecule has 1 N–H and O–H groups in total. The Labute approximate surface area is 124 Å². The van der Waals surface area contributed by atoms with Gasteiger partial charge < -0.3 is 10.1 Å². The molecule has 1 aromatic carbocycles. The van der Waals surface area contributed by atoms with Crippen molar-refractivity contribution in [1.29, 1.82) is 0 Å². The molecule has 0 aromatic heterocycles. The number of methoxy groups -OCH3 is 1. The van der Waals surface area contributed by atoms with Crippen LogP contribution in [0.15, 0.2) is 10.5 Å². The molecule has 1 atom stereocenters. The fourth-order valence-electron chi connectivity index (χ4n) is 3.51. The Kier molecular flexibility index (Phi) is 4.13. The number of rotatable bonds is 3. The first-order chi connectivity index (χ1) is 9.29.